The van der Waals surface area contributed by atoms with Gasteiger partial charge >= 0.3 is 0 Å². The summed E-state index contributed by atoms with van der Waals surface area (Å²) < 4.78 is 3.37. The number of imidazole rings is 1. The van der Waals surface area contributed by atoms with Crippen LogP contribution in [0.15, 0.2) is 10.8 Å². The van der Waals surface area contributed by atoms with Gasteiger partial charge in [0.2, 0.25) is 0 Å². The van der Waals surface area contributed by atoms with Gasteiger partial charge in [0.1, 0.15) is 10.4 Å². The first-order valence-electron chi connectivity index (χ1n) is 4.54. The van der Waals surface area contributed by atoms with E-state index in [9.17, 15) is 0 Å². The number of nitrogens with zero attached hydrogens (tertiary/aromatic N) is 2. The van der Waals surface area contributed by atoms with Gasteiger partial charge in [-0.1, -0.05) is 6.42 Å². The van der Waals surface area contributed by atoms with E-state index in [4.69, 9.17) is 0 Å². The number of halogens is 1. The largest absolute Gasteiger partial charge is 0.323 e. The quantitative estimate of drug-likeness (QED) is 0.762. The SMILES string of the molecule is CCn1c(Br)cnc1C1CCC1. The predicted octanol–water partition coefficient (Wildman–Crippen LogP) is 2.93. The molecule has 0 aromatic carbocycles. The van der Waals surface area contributed by atoms with Crippen molar-refractivity contribution in [3.8, 4) is 0 Å². The molecule has 0 radical (unpaired) electrons. The highest BCUT2D eigenvalue weighted by molar-refractivity contribution is 9.10. The van der Waals surface area contributed by atoms with E-state index in [1.807, 2.05) is 6.20 Å². The molecule has 0 unspecified atom stereocenters. The monoisotopic (exact) mass is 228 g/mol. The number of hydrogen-bond acceptors (Lipinski definition) is 1. The van der Waals surface area contributed by atoms with Gasteiger partial charge < -0.3 is 4.57 Å². The van der Waals surface area contributed by atoms with Gasteiger partial charge in [0.05, 0.1) is 6.20 Å². The van der Waals surface area contributed by atoms with Crippen molar-refractivity contribution in [2.75, 3.05) is 0 Å². The Kier molecular flexibility index (Phi) is 2.22. The maximum Gasteiger partial charge on any atom is 0.112 e. The summed E-state index contributed by atoms with van der Waals surface area (Å²) in [7, 11) is 0. The topological polar surface area (TPSA) is 17.8 Å². The van der Waals surface area contributed by atoms with Crippen LogP contribution < -0.4 is 0 Å². The first kappa shape index (κ1) is 8.30. The van der Waals surface area contributed by atoms with Gasteiger partial charge in [0.15, 0.2) is 0 Å². The van der Waals surface area contributed by atoms with Crippen LogP contribution in [0.2, 0.25) is 0 Å². The maximum absolute atomic E-state index is 4.42. The normalized spacial score (nSPS) is 17.8. The van der Waals surface area contributed by atoms with E-state index in [-0.39, 0.29) is 0 Å². The zero-order valence-electron chi connectivity index (χ0n) is 7.26. The molecular formula is C9H13BrN2. The molecule has 1 aromatic rings. The van der Waals surface area contributed by atoms with Crippen molar-refractivity contribution < 1.29 is 0 Å². The van der Waals surface area contributed by atoms with E-state index in [2.05, 4.69) is 32.4 Å². The third-order valence-corrected chi connectivity index (χ3v) is 3.26. The van der Waals surface area contributed by atoms with E-state index in [0.717, 1.165) is 17.1 Å². The molecule has 3 heteroatoms. The zero-order valence-corrected chi connectivity index (χ0v) is 8.84. The molecule has 0 aliphatic heterocycles. The molecule has 0 amide bonds. The first-order valence-corrected chi connectivity index (χ1v) is 5.33. The summed E-state index contributed by atoms with van der Waals surface area (Å²) in [5.41, 5.74) is 0. The predicted molar refractivity (Wildman–Crippen MR) is 52.2 cm³/mol. The lowest BCUT2D eigenvalue weighted by molar-refractivity contribution is 0.388. The lowest BCUT2D eigenvalue weighted by Gasteiger charge is -2.25. The van der Waals surface area contributed by atoms with E-state index in [1.54, 1.807) is 0 Å². The molecule has 0 bridgehead atoms. The minimum Gasteiger partial charge on any atom is -0.323 e. The van der Waals surface area contributed by atoms with E-state index in [1.165, 1.54) is 25.1 Å². The number of rotatable bonds is 2. The van der Waals surface area contributed by atoms with Crippen molar-refractivity contribution >= 4 is 15.9 Å². The van der Waals surface area contributed by atoms with E-state index in [0.29, 0.717) is 0 Å². The summed E-state index contributed by atoms with van der Waals surface area (Å²) in [5, 5.41) is 0. The highest BCUT2D eigenvalue weighted by atomic mass is 79.9. The van der Waals surface area contributed by atoms with Gasteiger partial charge in [-0.3, -0.25) is 0 Å². The van der Waals surface area contributed by atoms with Crippen LogP contribution in [0.1, 0.15) is 37.9 Å². The molecular weight excluding hydrogens is 216 g/mol. The molecule has 1 heterocycles. The van der Waals surface area contributed by atoms with Gasteiger partial charge in [-0.25, -0.2) is 4.98 Å². The lowest BCUT2D eigenvalue weighted by atomic mass is 9.85. The van der Waals surface area contributed by atoms with Gasteiger partial charge in [-0.2, -0.15) is 0 Å². The molecule has 0 atom stereocenters. The van der Waals surface area contributed by atoms with Crippen molar-refractivity contribution in [3.63, 3.8) is 0 Å². The van der Waals surface area contributed by atoms with Crippen LogP contribution >= 0.6 is 15.9 Å². The molecule has 1 aromatic heterocycles. The van der Waals surface area contributed by atoms with Gasteiger partial charge in [0, 0.05) is 12.5 Å². The van der Waals surface area contributed by atoms with E-state index < -0.39 is 0 Å². The van der Waals surface area contributed by atoms with Gasteiger partial charge in [-0.15, -0.1) is 0 Å². The van der Waals surface area contributed by atoms with Crippen molar-refractivity contribution in [1.29, 1.82) is 0 Å². The van der Waals surface area contributed by atoms with Crippen molar-refractivity contribution in [2.45, 2.75) is 38.6 Å². The molecule has 0 N–H and O–H groups in total. The van der Waals surface area contributed by atoms with Crippen LogP contribution in [-0.4, -0.2) is 9.55 Å². The smallest absolute Gasteiger partial charge is 0.112 e. The Bertz CT molecular complexity index is 276. The highest BCUT2D eigenvalue weighted by Crippen LogP contribution is 2.36. The standard InChI is InChI=1S/C9H13BrN2/c1-2-12-8(10)6-11-9(12)7-4-3-5-7/h6-7H,2-5H2,1H3. The van der Waals surface area contributed by atoms with Gasteiger partial charge in [0.25, 0.3) is 0 Å². The summed E-state index contributed by atoms with van der Waals surface area (Å²) in [6, 6.07) is 0. The summed E-state index contributed by atoms with van der Waals surface area (Å²) >= 11 is 3.50. The molecule has 12 heavy (non-hydrogen) atoms. The molecule has 2 nitrogen and oxygen atoms in total. The molecule has 1 aliphatic carbocycles. The summed E-state index contributed by atoms with van der Waals surface area (Å²) in [5.74, 6) is 2.01. The van der Waals surface area contributed by atoms with Crippen LogP contribution in [0, 0.1) is 0 Å². The summed E-state index contributed by atoms with van der Waals surface area (Å²) in [4.78, 5) is 4.42. The van der Waals surface area contributed by atoms with Gasteiger partial charge in [-0.05, 0) is 35.7 Å². The van der Waals surface area contributed by atoms with E-state index >= 15 is 0 Å². The van der Waals surface area contributed by atoms with Crippen molar-refractivity contribution in [3.05, 3.63) is 16.6 Å². The molecule has 1 saturated carbocycles. The molecule has 1 fully saturated rings. The minimum absolute atomic E-state index is 0.733. The fourth-order valence-corrected chi connectivity index (χ4v) is 2.21. The third kappa shape index (κ3) is 1.20. The Morgan fingerprint density at radius 2 is 2.42 bits per heavy atom. The summed E-state index contributed by atoms with van der Waals surface area (Å²) in [6.45, 7) is 3.18. The minimum atomic E-state index is 0.733. The molecule has 0 saturated heterocycles. The fourth-order valence-electron chi connectivity index (χ4n) is 1.67. The van der Waals surface area contributed by atoms with Crippen molar-refractivity contribution in [1.82, 2.24) is 9.55 Å². The number of aromatic nitrogens is 2. The lowest BCUT2D eigenvalue weighted by Crippen LogP contribution is -2.15. The fraction of sp³-hybridized carbons (Fsp3) is 0.667. The average Bonchev–Trinajstić information content (AvgIpc) is 2.29. The second-order valence-corrected chi connectivity index (χ2v) is 4.12. The average molecular weight is 229 g/mol. The molecule has 66 valence electrons. The first-order chi connectivity index (χ1) is 5.83. The second kappa shape index (κ2) is 3.21. The second-order valence-electron chi connectivity index (χ2n) is 3.31. The summed E-state index contributed by atoms with van der Waals surface area (Å²) in [6.07, 6.45) is 5.93. The van der Waals surface area contributed by atoms with Crippen LogP contribution in [-0.2, 0) is 6.54 Å². The Labute approximate surface area is 81.1 Å². The van der Waals surface area contributed by atoms with Crippen LogP contribution in [0.25, 0.3) is 0 Å². The zero-order chi connectivity index (χ0) is 8.55. The Morgan fingerprint density at radius 3 is 2.92 bits per heavy atom. The third-order valence-electron chi connectivity index (χ3n) is 2.62. The number of hydrogen-bond donors (Lipinski definition) is 0. The Balaban J connectivity index is 2.29. The molecule has 1 aliphatic rings. The Morgan fingerprint density at radius 1 is 1.67 bits per heavy atom. The Hall–Kier alpha value is -0.310. The maximum atomic E-state index is 4.42. The molecule has 2 rings (SSSR count). The van der Waals surface area contributed by atoms with Crippen LogP contribution in [0.4, 0.5) is 0 Å². The molecule has 0 spiro atoms. The van der Waals surface area contributed by atoms with Crippen LogP contribution in [0.3, 0.4) is 0 Å². The highest BCUT2D eigenvalue weighted by Gasteiger charge is 2.24. The van der Waals surface area contributed by atoms with Crippen molar-refractivity contribution in [2.24, 2.45) is 0 Å². The van der Waals surface area contributed by atoms with Crippen LogP contribution in [0.5, 0.6) is 0 Å².